The first kappa shape index (κ1) is 13.6. The maximum absolute atomic E-state index is 11.5. The zero-order chi connectivity index (χ0) is 13.0. The Labute approximate surface area is 102 Å². The third-order valence-corrected chi connectivity index (χ3v) is 3.36. The summed E-state index contributed by atoms with van der Waals surface area (Å²) >= 11 is 1.64. The second-order valence-corrected chi connectivity index (χ2v) is 4.84. The highest BCUT2D eigenvalue weighted by molar-refractivity contribution is 7.99. The molecule has 0 fully saturated rings. The maximum Gasteiger partial charge on any atom is 0.342 e. The topological polar surface area (TPSA) is 92.2 Å². The van der Waals surface area contributed by atoms with Crippen LogP contribution in [0.2, 0.25) is 0 Å². The number of nitrogens with one attached hydrogen (secondary N) is 1. The van der Waals surface area contributed by atoms with Crippen LogP contribution in [0.5, 0.6) is 0 Å². The van der Waals surface area contributed by atoms with Gasteiger partial charge < -0.3 is 5.11 Å². The van der Waals surface area contributed by atoms with Gasteiger partial charge in [-0.2, -0.15) is 11.8 Å². The first-order valence-corrected chi connectivity index (χ1v) is 6.29. The molecule has 1 aromatic rings. The van der Waals surface area contributed by atoms with E-state index in [0.717, 1.165) is 11.9 Å². The highest BCUT2D eigenvalue weighted by Crippen LogP contribution is 2.11. The van der Waals surface area contributed by atoms with Crippen LogP contribution in [0.3, 0.4) is 0 Å². The second-order valence-electron chi connectivity index (χ2n) is 3.52. The molecular formula is C10H14N2O4S. The summed E-state index contributed by atoms with van der Waals surface area (Å²) in [6.45, 7) is 3.80. The van der Waals surface area contributed by atoms with Crippen LogP contribution >= 0.6 is 11.8 Å². The lowest BCUT2D eigenvalue weighted by Gasteiger charge is -2.13. The van der Waals surface area contributed by atoms with Crippen molar-refractivity contribution < 1.29 is 9.90 Å². The molecule has 0 aliphatic heterocycles. The van der Waals surface area contributed by atoms with E-state index in [4.69, 9.17) is 5.11 Å². The molecule has 0 saturated carbocycles. The van der Waals surface area contributed by atoms with Gasteiger partial charge in [0.15, 0.2) is 0 Å². The lowest BCUT2D eigenvalue weighted by Crippen LogP contribution is -2.35. The number of H-pyrrole nitrogens is 1. The average molecular weight is 258 g/mol. The van der Waals surface area contributed by atoms with E-state index < -0.39 is 22.8 Å². The normalized spacial score (nSPS) is 12.4. The van der Waals surface area contributed by atoms with Crippen LogP contribution in [-0.4, -0.2) is 32.1 Å². The van der Waals surface area contributed by atoms with Crippen molar-refractivity contribution in [2.45, 2.75) is 19.9 Å². The molecule has 0 bridgehead atoms. The van der Waals surface area contributed by atoms with E-state index in [0.29, 0.717) is 5.75 Å². The minimum Gasteiger partial charge on any atom is -0.477 e. The summed E-state index contributed by atoms with van der Waals surface area (Å²) in [5, 5.41) is 8.80. The van der Waals surface area contributed by atoms with Gasteiger partial charge in [0.2, 0.25) is 0 Å². The molecule has 0 radical (unpaired) electrons. The zero-order valence-electron chi connectivity index (χ0n) is 9.60. The van der Waals surface area contributed by atoms with Gasteiger partial charge in [-0.25, -0.2) is 9.59 Å². The van der Waals surface area contributed by atoms with Gasteiger partial charge in [0.1, 0.15) is 5.56 Å². The number of rotatable bonds is 5. The fraction of sp³-hybridized carbons (Fsp3) is 0.500. The van der Waals surface area contributed by atoms with E-state index in [2.05, 4.69) is 0 Å². The van der Waals surface area contributed by atoms with Crippen molar-refractivity contribution in [3.8, 4) is 0 Å². The number of hydrogen-bond donors (Lipinski definition) is 2. The smallest absolute Gasteiger partial charge is 0.342 e. The number of hydrogen-bond acceptors (Lipinski definition) is 4. The number of carboxylic acid groups (broad SMARTS) is 1. The average Bonchev–Trinajstić information content (AvgIpc) is 2.25. The van der Waals surface area contributed by atoms with Crippen molar-refractivity contribution in [3.05, 3.63) is 32.6 Å². The predicted octanol–water partition coefficient (Wildman–Crippen LogP) is 0.549. The monoisotopic (exact) mass is 258 g/mol. The molecule has 0 aliphatic carbocycles. The molecule has 1 rings (SSSR count). The Morgan fingerprint density at radius 1 is 1.59 bits per heavy atom. The van der Waals surface area contributed by atoms with Crippen molar-refractivity contribution in [1.82, 2.24) is 9.55 Å². The Balaban J connectivity index is 3.16. The molecule has 1 unspecified atom stereocenters. The molecule has 0 amide bonds. The molecule has 94 valence electrons. The fourth-order valence-corrected chi connectivity index (χ4v) is 2.07. The standard InChI is InChI=1S/C10H14N2O4S/c1-3-17-5-6(2)12-4-7(9(14)15)8(13)11-10(12)16/h4,6H,3,5H2,1-2H3,(H,14,15)(H,11,13,16). The molecule has 0 aliphatic rings. The van der Waals surface area contributed by atoms with E-state index in [9.17, 15) is 14.4 Å². The molecule has 0 spiro atoms. The summed E-state index contributed by atoms with van der Waals surface area (Å²) in [7, 11) is 0. The summed E-state index contributed by atoms with van der Waals surface area (Å²) in [4.78, 5) is 35.5. The van der Waals surface area contributed by atoms with Crippen LogP contribution < -0.4 is 11.2 Å². The number of aromatic carboxylic acids is 1. The summed E-state index contributed by atoms with van der Waals surface area (Å²) in [6, 6.07) is -0.164. The van der Waals surface area contributed by atoms with Crippen molar-refractivity contribution in [3.63, 3.8) is 0 Å². The highest BCUT2D eigenvalue weighted by atomic mass is 32.2. The molecule has 7 heteroatoms. The Bertz CT molecular complexity index is 520. The molecule has 2 N–H and O–H groups in total. The SMILES string of the molecule is CCSCC(C)n1cc(C(=O)O)c(=O)[nH]c1=O. The Hall–Kier alpha value is -1.50. The van der Waals surface area contributed by atoms with Crippen molar-refractivity contribution in [2.24, 2.45) is 0 Å². The summed E-state index contributed by atoms with van der Waals surface area (Å²) in [6.07, 6.45) is 1.10. The van der Waals surface area contributed by atoms with Crippen LogP contribution in [-0.2, 0) is 0 Å². The number of aromatic amines is 1. The van der Waals surface area contributed by atoms with Crippen molar-refractivity contribution >= 4 is 17.7 Å². The summed E-state index contributed by atoms with van der Waals surface area (Å²) in [5.41, 5.74) is -1.86. The number of carboxylic acids is 1. The van der Waals surface area contributed by atoms with E-state index in [1.54, 1.807) is 18.7 Å². The zero-order valence-corrected chi connectivity index (χ0v) is 10.4. The van der Waals surface area contributed by atoms with Gasteiger partial charge in [0, 0.05) is 18.0 Å². The Kier molecular flexibility index (Phi) is 4.56. The summed E-state index contributed by atoms with van der Waals surface area (Å²) < 4.78 is 1.24. The van der Waals surface area contributed by atoms with E-state index in [1.165, 1.54) is 4.57 Å². The maximum atomic E-state index is 11.5. The Morgan fingerprint density at radius 2 is 2.24 bits per heavy atom. The van der Waals surface area contributed by atoms with Crippen LogP contribution in [0, 0.1) is 0 Å². The lowest BCUT2D eigenvalue weighted by molar-refractivity contribution is 0.0693. The minimum absolute atomic E-state index is 0.164. The molecule has 0 aromatic carbocycles. The first-order chi connectivity index (χ1) is 7.97. The van der Waals surface area contributed by atoms with E-state index in [1.807, 2.05) is 11.9 Å². The van der Waals surface area contributed by atoms with Gasteiger partial charge in [0.25, 0.3) is 5.56 Å². The first-order valence-electron chi connectivity index (χ1n) is 5.13. The second kappa shape index (κ2) is 5.72. The number of thioether (sulfide) groups is 1. The van der Waals surface area contributed by atoms with Gasteiger partial charge in [-0.05, 0) is 12.7 Å². The summed E-state index contributed by atoms with van der Waals surface area (Å²) in [5.74, 6) is 0.255. The quantitative estimate of drug-likeness (QED) is 0.804. The van der Waals surface area contributed by atoms with Crippen LogP contribution in [0.15, 0.2) is 15.8 Å². The number of aromatic nitrogens is 2. The number of nitrogens with zero attached hydrogens (tertiary/aromatic N) is 1. The van der Waals surface area contributed by atoms with E-state index >= 15 is 0 Å². The Morgan fingerprint density at radius 3 is 2.76 bits per heavy atom. The van der Waals surface area contributed by atoms with Gasteiger partial charge in [-0.3, -0.25) is 14.3 Å². The van der Waals surface area contributed by atoms with Crippen LogP contribution in [0.1, 0.15) is 30.2 Å². The molecule has 1 atom stereocenters. The molecular weight excluding hydrogens is 244 g/mol. The molecule has 6 nitrogen and oxygen atoms in total. The van der Waals surface area contributed by atoms with Crippen molar-refractivity contribution in [2.75, 3.05) is 11.5 Å². The van der Waals surface area contributed by atoms with Crippen LogP contribution in [0.25, 0.3) is 0 Å². The van der Waals surface area contributed by atoms with E-state index in [-0.39, 0.29) is 6.04 Å². The molecule has 0 saturated heterocycles. The molecule has 1 aromatic heterocycles. The predicted molar refractivity (Wildman–Crippen MR) is 66.0 cm³/mol. The fourth-order valence-electron chi connectivity index (χ4n) is 1.33. The van der Waals surface area contributed by atoms with Crippen molar-refractivity contribution in [1.29, 1.82) is 0 Å². The van der Waals surface area contributed by atoms with Gasteiger partial charge >= 0.3 is 11.7 Å². The third kappa shape index (κ3) is 3.23. The lowest BCUT2D eigenvalue weighted by atomic mass is 10.3. The minimum atomic E-state index is -1.34. The highest BCUT2D eigenvalue weighted by Gasteiger charge is 2.14. The third-order valence-electron chi connectivity index (χ3n) is 2.24. The van der Waals surface area contributed by atoms with Gasteiger partial charge in [-0.15, -0.1) is 0 Å². The largest absolute Gasteiger partial charge is 0.477 e. The molecule has 17 heavy (non-hydrogen) atoms. The van der Waals surface area contributed by atoms with Gasteiger partial charge in [-0.1, -0.05) is 6.92 Å². The molecule has 1 heterocycles. The van der Waals surface area contributed by atoms with Gasteiger partial charge in [0.05, 0.1) is 0 Å². The number of carbonyl (C=O) groups is 1. The van der Waals surface area contributed by atoms with Crippen LogP contribution in [0.4, 0.5) is 0 Å².